The van der Waals surface area contributed by atoms with E-state index in [0.29, 0.717) is 5.69 Å². The van der Waals surface area contributed by atoms with Gasteiger partial charge in [0.15, 0.2) is 5.75 Å². The van der Waals surface area contributed by atoms with Crippen LogP contribution in [-0.4, -0.2) is 33.3 Å². The van der Waals surface area contributed by atoms with Gasteiger partial charge in [0.25, 0.3) is 0 Å². The third-order valence-corrected chi connectivity index (χ3v) is 3.21. The number of nitrogens with one attached hydrogen (secondary N) is 2. The average molecular weight is 383 g/mol. The lowest BCUT2D eigenvalue weighted by molar-refractivity contribution is 0.482. The Balaban J connectivity index is 0.000000796. The molecule has 0 amide bonds. The van der Waals surface area contributed by atoms with Crippen molar-refractivity contribution < 1.29 is 5.11 Å². The van der Waals surface area contributed by atoms with Gasteiger partial charge in [-0.1, -0.05) is 56.3 Å². The smallest absolute Gasteiger partial charge is 0.151 e. The first-order chi connectivity index (χ1) is 13.6. The molecule has 0 aliphatic carbocycles. The van der Waals surface area contributed by atoms with E-state index >= 15 is 0 Å². The summed E-state index contributed by atoms with van der Waals surface area (Å²) in [5, 5.41) is 26.0. The van der Waals surface area contributed by atoms with Crippen molar-refractivity contribution in [3.63, 3.8) is 0 Å². The van der Waals surface area contributed by atoms with E-state index in [1.165, 1.54) is 0 Å². The summed E-state index contributed by atoms with van der Waals surface area (Å²) in [7, 11) is 7.50. The Morgan fingerprint density at radius 1 is 0.750 bits per heavy atom. The zero-order valence-corrected chi connectivity index (χ0v) is 18.1. The van der Waals surface area contributed by atoms with Crippen molar-refractivity contribution in [3.8, 4) is 5.75 Å². The molecule has 0 saturated heterocycles. The predicted molar refractivity (Wildman–Crippen MR) is 122 cm³/mol. The lowest BCUT2D eigenvalue weighted by Crippen LogP contribution is -1.89. The zero-order chi connectivity index (χ0) is 21.4. The van der Waals surface area contributed by atoms with Crippen LogP contribution in [0.2, 0.25) is 0 Å². The van der Waals surface area contributed by atoms with Crippen LogP contribution in [0.15, 0.2) is 70.9 Å². The van der Waals surface area contributed by atoms with Gasteiger partial charge in [-0.15, -0.1) is 5.11 Å². The second-order valence-electron chi connectivity index (χ2n) is 5.65. The first-order valence-electron chi connectivity index (χ1n) is 9.44. The maximum Gasteiger partial charge on any atom is 0.151 e. The summed E-state index contributed by atoms with van der Waals surface area (Å²) < 4.78 is 0. The van der Waals surface area contributed by atoms with E-state index in [-0.39, 0.29) is 5.75 Å². The van der Waals surface area contributed by atoms with E-state index in [1.807, 2.05) is 110 Å². The summed E-state index contributed by atoms with van der Waals surface area (Å²) in [6.45, 7) is 5.92. The van der Waals surface area contributed by atoms with Crippen LogP contribution in [0.25, 0.3) is 10.8 Å². The highest BCUT2D eigenvalue weighted by Crippen LogP contribution is 2.38. The highest BCUT2D eigenvalue weighted by atomic mass is 16.3. The maximum atomic E-state index is 10.4. The van der Waals surface area contributed by atoms with E-state index < -0.39 is 0 Å². The Bertz CT molecular complexity index is 815. The molecule has 0 aromatic heterocycles. The fraction of sp³-hybridized carbons (Fsp3) is 0.304. The molecule has 0 heterocycles. The summed E-state index contributed by atoms with van der Waals surface area (Å²) in [5.74, 6) is 0.181. The number of azo groups is 1. The lowest BCUT2D eigenvalue weighted by atomic mass is 10.0. The van der Waals surface area contributed by atoms with Crippen molar-refractivity contribution in [1.82, 2.24) is 10.6 Å². The minimum absolute atomic E-state index is 0.181. The minimum atomic E-state index is 0.181. The minimum Gasteiger partial charge on any atom is -0.505 e. The molecule has 0 bridgehead atoms. The largest absolute Gasteiger partial charge is 0.505 e. The quantitative estimate of drug-likeness (QED) is 0.478. The first-order valence-corrected chi connectivity index (χ1v) is 9.44. The fourth-order valence-corrected chi connectivity index (χ4v) is 2.18. The Labute approximate surface area is 169 Å². The molecule has 0 radical (unpaired) electrons. The molecule has 3 aromatic carbocycles. The zero-order valence-electron chi connectivity index (χ0n) is 18.1. The summed E-state index contributed by atoms with van der Waals surface area (Å²) >= 11 is 0. The van der Waals surface area contributed by atoms with E-state index in [1.54, 1.807) is 0 Å². The summed E-state index contributed by atoms with van der Waals surface area (Å²) in [4.78, 5) is 0. The molecule has 3 aromatic rings. The molecular weight excluding hydrogens is 348 g/mol. The summed E-state index contributed by atoms with van der Waals surface area (Å²) in [5.41, 5.74) is 2.19. The van der Waals surface area contributed by atoms with Crippen LogP contribution >= 0.6 is 0 Å². The number of phenols is 1. The molecule has 0 atom stereocenters. The second kappa shape index (κ2) is 15.3. The molecule has 5 nitrogen and oxygen atoms in total. The molecule has 0 fully saturated rings. The molecule has 0 spiro atoms. The van der Waals surface area contributed by atoms with Crippen LogP contribution in [0.5, 0.6) is 5.75 Å². The van der Waals surface area contributed by atoms with E-state index in [0.717, 1.165) is 22.0 Å². The maximum absolute atomic E-state index is 10.4. The number of rotatable bonds is 2. The molecule has 3 N–H and O–H groups in total. The van der Waals surface area contributed by atoms with Gasteiger partial charge in [0.05, 0.1) is 5.69 Å². The van der Waals surface area contributed by atoms with Crippen molar-refractivity contribution >= 4 is 22.1 Å². The van der Waals surface area contributed by atoms with Gasteiger partial charge in [-0.25, -0.2) is 0 Å². The Morgan fingerprint density at radius 2 is 1.25 bits per heavy atom. The van der Waals surface area contributed by atoms with Gasteiger partial charge in [-0.3, -0.25) is 0 Å². The van der Waals surface area contributed by atoms with Crippen LogP contribution in [-0.2, 0) is 0 Å². The Hall–Kier alpha value is -2.76. The molecule has 5 heteroatoms. The van der Waals surface area contributed by atoms with Gasteiger partial charge in [-0.05, 0) is 64.3 Å². The fourth-order valence-electron chi connectivity index (χ4n) is 2.18. The van der Waals surface area contributed by atoms with Crippen molar-refractivity contribution in [2.45, 2.75) is 20.8 Å². The first kappa shape index (κ1) is 25.2. The Morgan fingerprint density at radius 3 is 1.82 bits per heavy atom. The standard InChI is InChI=1S/C17H14N2O.2C2H7N.C2H6/c1-12-11-13-7-5-6-10-15(13)17(20)16(12)19-18-14-8-3-2-4-9-14;2*1-3-2;1-2/h2-11,20H,1H3;2*3H,1-2H3;1-2H3. The van der Waals surface area contributed by atoms with Gasteiger partial charge < -0.3 is 15.7 Å². The van der Waals surface area contributed by atoms with Crippen molar-refractivity contribution in [2.24, 2.45) is 10.2 Å². The number of aryl methyl sites for hydroxylation is 1. The van der Waals surface area contributed by atoms with Crippen LogP contribution in [0, 0.1) is 6.92 Å². The third-order valence-electron chi connectivity index (χ3n) is 3.21. The van der Waals surface area contributed by atoms with E-state index in [2.05, 4.69) is 20.9 Å². The van der Waals surface area contributed by atoms with Gasteiger partial charge in [0, 0.05) is 5.39 Å². The number of benzene rings is 3. The van der Waals surface area contributed by atoms with Gasteiger partial charge in [0.2, 0.25) is 0 Å². The topological polar surface area (TPSA) is 69.0 Å². The van der Waals surface area contributed by atoms with Crippen molar-refractivity contribution in [1.29, 1.82) is 0 Å². The third kappa shape index (κ3) is 8.29. The van der Waals surface area contributed by atoms with E-state index in [4.69, 9.17) is 0 Å². The van der Waals surface area contributed by atoms with E-state index in [9.17, 15) is 5.11 Å². The van der Waals surface area contributed by atoms with Crippen LogP contribution < -0.4 is 10.6 Å². The SMILES string of the molecule is CC.CNC.CNC.Cc1cc2ccccc2c(O)c1N=Nc1ccccc1. The van der Waals surface area contributed by atoms with Crippen LogP contribution in [0.4, 0.5) is 11.4 Å². The molecule has 0 saturated carbocycles. The molecular formula is C23H34N4O. The Kier molecular flexibility index (Phi) is 13.8. The number of hydrogen-bond acceptors (Lipinski definition) is 5. The van der Waals surface area contributed by atoms with Crippen molar-refractivity contribution in [2.75, 3.05) is 28.2 Å². The lowest BCUT2D eigenvalue weighted by Gasteiger charge is -2.07. The number of fused-ring (bicyclic) bond motifs is 1. The number of phenolic OH excluding ortho intramolecular Hbond substituents is 1. The molecule has 0 aliphatic heterocycles. The van der Waals surface area contributed by atoms with Gasteiger partial charge in [-0.2, -0.15) is 5.11 Å². The molecule has 3 rings (SSSR count). The average Bonchev–Trinajstić information content (AvgIpc) is 2.71. The summed E-state index contributed by atoms with van der Waals surface area (Å²) in [6.07, 6.45) is 0. The predicted octanol–water partition coefficient (Wildman–Crippen LogP) is 5.97. The van der Waals surface area contributed by atoms with Crippen LogP contribution in [0.3, 0.4) is 0 Å². The van der Waals surface area contributed by atoms with Crippen molar-refractivity contribution in [3.05, 3.63) is 66.2 Å². The van der Waals surface area contributed by atoms with Gasteiger partial charge in [0.1, 0.15) is 5.69 Å². The van der Waals surface area contributed by atoms with Crippen LogP contribution in [0.1, 0.15) is 19.4 Å². The number of hydrogen-bond donors (Lipinski definition) is 3. The normalized spacial score (nSPS) is 9.54. The number of nitrogens with zero attached hydrogens (tertiary/aromatic N) is 2. The molecule has 0 unspecified atom stereocenters. The molecule has 152 valence electrons. The molecule has 28 heavy (non-hydrogen) atoms. The molecule has 0 aliphatic rings. The van der Waals surface area contributed by atoms with Gasteiger partial charge >= 0.3 is 0 Å². The number of aromatic hydroxyl groups is 1. The second-order valence-corrected chi connectivity index (χ2v) is 5.65. The monoisotopic (exact) mass is 382 g/mol. The summed E-state index contributed by atoms with van der Waals surface area (Å²) in [6, 6.07) is 19.2. The highest BCUT2D eigenvalue weighted by Gasteiger charge is 2.09. The highest BCUT2D eigenvalue weighted by molar-refractivity contribution is 5.93.